The minimum Gasteiger partial charge on any atom is -0.491 e. The molecular formula is C23H23F3N2O3. The first kappa shape index (κ1) is 22.4. The Morgan fingerprint density at radius 1 is 1.10 bits per heavy atom. The normalized spacial score (nSPS) is 11.6. The first-order valence-corrected chi connectivity index (χ1v) is 9.81. The molecule has 8 heteroatoms. The average Bonchev–Trinajstić information content (AvgIpc) is 2.67. The van der Waals surface area contributed by atoms with Gasteiger partial charge in [-0.25, -0.2) is 4.98 Å². The SMILES string of the molecule is CC(=O)NCCc1ccc2nc(Oc3ccc(OC(C)C)cc3C(F)(F)F)ccc2c1. The zero-order valence-corrected chi connectivity index (χ0v) is 17.4. The molecule has 0 bridgehead atoms. The van der Waals surface area contributed by atoms with Gasteiger partial charge >= 0.3 is 6.18 Å². The highest BCUT2D eigenvalue weighted by Crippen LogP contribution is 2.40. The molecule has 3 rings (SSSR count). The summed E-state index contributed by atoms with van der Waals surface area (Å²) >= 11 is 0. The van der Waals surface area contributed by atoms with Crippen LogP contribution < -0.4 is 14.8 Å². The predicted octanol–water partition coefficient (Wildman–Crippen LogP) is 5.51. The molecule has 1 N–H and O–H groups in total. The Labute approximate surface area is 178 Å². The van der Waals surface area contributed by atoms with Crippen LogP contribution in [0.1, 0.15) is 31.9 Å². The molecule has 0 spiro atoms. The number of hydrogen-bond donors (Lipinski definition) is 1. The number of ether oxygens (including phenoxy) is 2. The van der Waals surface area contributed by atoms with Gasteiger partial charge in [0.05, 0.1) is 11.6 Å². The van der Waals surface area contributed by atoms with Crippen molar-refractivity contribution in [3.8, 4) is 17.4 Å². The van der Waals surface area contributed by atoms with Crippen molar-refractivity contribution in [3.05, 3.63) is 59.7 Å². The van der Waals surface area contributed by atoms with E-state index in [1.54, 1.807) is 26.0 Å². The Bertz CT molecular complexity index is 1080. The Balaban J connectivity index is 1.83. The van der Waals surface area contributed by atoms with E-state index >= 15 is 0 Å². The predicted molar refractivity (Wildman–Crippen MR) is 111 cm³/mol. The van der Waals surface area contributed by atoms with Gasteiger partial charge in [0.1, 0.15) is 17.1 Å². The molecule has 1 aromatic heterocycles. The lowest BCUT2D eigenvalue weighted by Gasteiger charge is -2.16. The maximum absolute atomic E-state index is 13.5. The molecule has 3 aromatic rings. The van der Waals surface area contributed by atoms with Gasteiger partial charge in [0.15, 0.2) is 0 Å². The minimum absolute atomic E-state index is 0.0570. The van der Waals surface area contributed by atoms with Gasteiger partial charge in [-0.1, -0.05) is 6.07 Å². The molecule has 1 heterocycles. The summed E-state index contributed by atoms with van der Waals surface area (Å²) < 4.78 is 51.5. The first-order chi connectivity index (χ1) is 14.6. The summed E-state index contributed by atoms with van der Waals surface area (Å²) in [6.07, 6.45) is -4.20. The van der Waals surface area contributed by atoms with Crippen molar-refractivity contribution in [2.24, 2.45) is 0 Å². The third-order valence-electron chi connectivity index (χ3n) is 4.36. The van der Waals surface area contributed by atoms with Crippen molar-refractivity contribution in [2.75, 3.05) is 6.54 Å². The highest BCUT2D eigenvalue weighted by Gasteiger charge is 2.35. The van der Waals surface area contributed by atoms with Gasteiger partial charge in [0, 0.05) is 24.9 Å². The number of carbonyl (C=O) groups is 1. The maximum atomic E-state index is 13.5. The molecule has 0 unspecified atom stereocenters. The average molecular weight is 432 g/mol. The van der Waals surface area contributed by atoms with E-state index in [2.05, 4.69) is 10.3 Å². The number of pyridine rings is 1. The molecule has 0 aliphatic carbocycles. The van der Waals surface area contributed by atoms with Gasteiger partial charge in [-0.05, 0) is 62.2 Å². The fraction of sp³-hybridized carbons (Fsp3) is 0.304. The Morgan fingerprint density at radius 3 is 2.55 bits per heavy atom. The smallest absolute Gasteiger partial charge is 0.420 e. The molecule has 1 amide bonds. The quantitative estimate of drug-likeness (QED) is 0.535. The summed E-state index contributed by atoms with van der Waals surface area (Å²) in [6, 6.07) is 12.4. The zero-order chi connectivity index (χ0) is 22.6. The summed E-state index contributed by atoms with van der Waals surface area (Å²) in [5, 5.41) is 3.56. The summed E-state index contributed by atoms with van der Waals surface area (Å²) in [7, 11) is 0. The molecule has 31 heavy (non-hydrogen) atoms. The van der Waals surface area contributed by atoms with E-state index in [9.17, 15) is 18.0 Å². The van der Waals surface area contributed by atoms with Crippen molar-refractivity contribution in [3.63, 3.8) is 0 Å². The molecular weight excluding hydrogens is 409 g/mol. The summed E-state index contributed by atoms with van der Waals surface area (Å²) in [6.45, 7) is 5.46. The summed E-state index contributed by atoms with van der Waals surface area (Å²) in [5.41, 5.74) is 0.673. The van der Waals surface area contributed by atoms with E-state index in [1.807, 2.05) is 12.1 Å². The first-order valence-electron chi connectivity index (χ1n) is 9.81. The van der Waals surface area contributed by atoms with Gasteiger partial charge < -0.3 is 14.8 Å². The fourth-order valence-electron chi connectivity index (χ4n) is 3.03. The number of nitrogens with one attached hydrogen (secondary N) is 1. The molecule has 0 fully saturated rings. The molecule has 2 aromatic carbocycles. The number of carbonyl (C=O) groups excluding carboxylic acids is 1. The third kappa shape index (κ3) is 6.10. The lowest BCUT2D eigenvalue weighted by Crippen LogP contribution is -2.22. The second kappa shape index (κ2) is 9.24. The van der Waals surface area contributed by atoms with E-state index in [0.717, 1.165) is 17.0 Å². The number of halogens is 3. The molecule has 0 saturated carbocycles. The van der Waals surface area contributed by atoms with Gasteiger partial charge in [-0.2, -0.15) is 13.2 Å². The number of hydrogen-bond acceptors (Lipinski definition) is 4. The standard InChI is InChI=1S/C23H23F3N2O3/c1-14(2)30-18-6-8-21(19(13-18)23(24,25)26)31-22-9-5-17-12-16(4-7-20(17)28-22)10-11-27-15(3)29/h4-9,12-14H,10-11H2,1-3H3,(H,27,29). The van der Waals surface area contributed by atoms with E-state index < -0.39 is 11.7 Å². The Morgan fingerprint density at radius 2 is 1.87 bits per heavy atom. The lowest BCUT2D eigenvalue weighted by atomic mass is 10.1. The Kier molecular flexibility index (Phi) is 6.68. The monoisotopic (exact) mass is 432 g/mol. The van der Waals surface area contributed by atoms with Crippen molar-refractivity contribution >= 4 is 16.8 Å². The van der Waals surface area contributed by atoms with Crippen molar-refractivity contribution in [2.45, 2.75) is 39.5 Å². The highest BCUT2D eigenvalue weighted by molar-refractivity contribution is 5.80. The number of amides is 1. The van der Waals surface area contributed by atoms with Crippen LogP contribution in [-0.4, -0.2) is 23.5 Å². The van der Waals surface area contributed by atoms with Crippen LogP contribution in [0.2, 0.25) is 0 Å². The molecule has 0 atom stereocenters. The number of aromatic nitrogens is 1. The van der Waals surface area contributed by atoms with Gasteiger partial charge in [0.25, 0.3) is 0 Å². The van der Waals surface area contributed by atoms with Gasteiger partial charge in [0.2, 0.25) is 11.8 Å². The molecule has 0 aliphatic heterocycles. The number of benzene rings is 2. The van der Waals surface area contributed by atoms with Crippen LogP contribution in [0.5, 0.6) is 17.4 Å². The second-order valence-electron chi connectivity index (χ2n) is 7.33. The van der Waals surface area contributed by atoms with E-state index in [4.69, 9.17) is 9.47 Å². The van der Waals surface area contributed by atoms with E-state index in [-0.39, 0.29) is 29.4 Å². The maximum Gasteiger partial charge on any atom is 0.420 e. The molecule has 0 aliphatic rings. The third-order valence-corrected chi connectivity index (χ3v) is 4.36. The molecule has 5 nitrogen and oxygen atoms in total. The van der Waals surface area contributed by atoms with Crippen molar-refractivity contribution < 1.29 is 27.4 Å². The fourth-order valence-corrected chi connectivity index (χ4v) is 3.03. The zero-order valence-electron chi connectivity index (χ0n) is 17.4. The van der Waals surface area contributed by atoms with Gasteiger partial charge in [-0.15, -0.1) is 0 Å². The molecule has 0 saturated heterocycles. The number of nitrogens with zero attached hydrogens (tertiary/aromatic N) is 1. The lowest BCUT2D eigenvalue weighted by molar-refractivity contribution is -0.138. The van der Waals surface area contributed by atoms with Crippen LogP contribution >= 0.6 is 0 Å². The van der Waals surface area contributed by atoms with Crippen LogP contribution in [-0.2, 0) is 17.4 Å². The molecule has 0 radical (unpaired) electrons. The number of fused-ring (bicyclic) bond motifs is 1. The molecule has 164 valence electrons. The minimum atomic E-state index is -4.61. The summed E-state index contributed by atoms with van der Waals surface area (Å²) in [5.74, 6) is -0.261. The second-order valence-corrected chi connectivity index (χ2v) is 7.33. The largest absolute Gasteiger partial charge is 0.491 e. The van der Waals surface area contributed by atoms with E-state index in [1.165, 1.54) is 25.1 Å². The van der Waals surface area contributed by atoms with Crippen LogP contribution in [0, 0.1) is 0 Å². The Hall–Kier alpha value is -3.29. The van der Waals surface area contributed by atoms with Crippen LogP contribution in [0.3, 0.4) is 0 Å². The van der Waals surface area contributed by atoms with Crippen LogP contribution in [0.4, 0.5) is 13.2 Å². The van der Waals surface area contributed by atoms with Crippen LogP contribution in [0.25, 0.3) is 10.9 Å². The number of rotatable bonds is 7. The van der Waals surface area contributed by atoms with Crippen molar-refractivity contribution in [1.82, 2.24) is 10.3 Å². The summed E-state index contributed by atoms with van der Waals surface area (Å²) in [4.78, 5) is 15.3. The number of alkyl halides is 3. The topological polar surface area (TPSA) is 60.5 Å². The van der Waals surface area contributed by atoms with Crippen molar-refractivity contribution in [1.29, 1.82) is 0 Å². The highest BCUT2D eigenvalue weighted by atomic mass is 19.4. The van der Waals surface area contributed by atoms with E-state index in [0.29, 0.717) is 18.5 Å². The van der Waals surface area contributed by atoms with Crippen LogP contribution in [0.15, 0.2) is 48.5 Å². The van der Waals surface area contributed by atoms with Gasteiger partial charge in [-0.3, -0.25) is 4.79 Å².